The molecule has 0 spiro atoms. The number of aliphatic hydroxyl groups excluding tert-OH is 4. The highest BCUT2D eigenvalue weighted by molar-refractivity contribution is 5.93. The van der Waals surface area contributed by atoms with Gasteiger partial charge in [0.15, 0.2) is 23.3 Å². The molecule has 5 fully saturated rings. The van der Waals surface area contributed by atoms with Crippen molar-refractivity contribution in [2.45, 2.75) is 241 Å². The number of nitrogens with one attached hydrogen (secondary N) is 4. The molecule has 5 saturated carbocycles. The van der Waals surface area contributed by atoms with E-state index in [-0.39, 0.29) is 56.0 Å². The molecule has 20 heteroatoms. The second kappa shape index (κ2) is 42.0. The van der Waals surface area contributed by atoms with E-state index in [0.717, 1.165) is 135 Å². The molecule has 4 aromatic heterocycles. The molecule has 5 aliphatic rings. The first kappa shape index (κ1) is 81.4. The van der Waals surface area contributed by atoms with Gasteiger partial charge in [0.25, 0.3) is 0 Å². The molecular weight excluding hydrogens is 1350 g/mol. The predicted octanol–water partition coefficient (Wildman–Crippen LogP) is 17.3. The van der Waals surface area contributed by atoms with Gasteiger partial charge in [-0.25, -0.2) is 39.9 Å². The molecule has 574 valence electrons. The van der Waals surface area contributed by atoms with Crippen molar-refractivity contribution < 1.29 is 39.6 Å². The van der Waals surface area contributed by atoms with Crippen LogP contribution >= 0.6 is 0 Å². The molecule has 0 radical (unpaired) electrons. The molecule has 0 bridgehead atoms. The Bertz CT molecular complexity index is 4150. The maximum absolute atomic E-state index is 12.7. The van der Waals surface area contributed by atoms with Gasteiger partial charge in [-0.05, 0) is 103 Å². The highest BCUT2D eigenvalue weighted by Gasteiger charge is 2.27. The number of aliphatic hydroxyl groups is 4. The number of benzene rings is 4. The average molecular weight is 1470 g/mol. The van der Waals surface area contributed by atoms with Crippen molar-refractivity contribution in [1.82, 2.24) is 39.9 Å². The highest BCUT2D eigenvalue weighted by Crippen LogP contribution is 2.36. The minimum atomic E-state index is -0.128. The average Bonchev–Trinajstić information content (AvgIpc) is 1.49. The number of rotatable bonds is 26. The van der Waals surface area contributed by atoms with E-state index in [2.05, 4.69) is 41.2 Å². The Kier molecular flexibility index (Phi) is 31.7. The molecule has 4 amide bonds. The van der Waals surface area contributed by atoms with Crippen molar-refractivity contribution in [3.05, 3.63) is 167 Å². The summed E-state index contributed by atoms with van der Waals surface area (Å²) < 4.78 is 0. The van der Waals surface area contributed by atoms with Crippen molar-refractivity contribution in [3.63, 3.8) is 0 Å². The Morgan fingerprint density at radius 3 is 0.917 bits per heavy atom. The number of hydrogen-bond acceptors (Lipinski definition) is 16. The van der Waals surface area contributed by atoms with Crippen molar-refractivity contribution in [3.8, 4) is 45.0 Å². The fourth-order valence-electron chi connectivity index (χ4n) is 15.3. The molecule has 108 heavy (non-hydrogen) atoms. The number of amides is 4. The second-order valence-electron chi connectivity index (χ2n) is 30.9. The van der Waals surface area contributed by atoms with Gasteiger partial charge >= 0.3 is 0 Å². The van der Waals surface area contributed by atoms with Crippen LogP contribution in [0.4, 0.5) is 23.3 Å². The molecular formula is C88H114N12O8. The summed E-state index contributed by atoms with van der Waals surface area (Å²) in [5, 5.41) is 48.7. The van der Waals surface area contributed by atoms with Crippen molar-refractivity contribution in [2.75, 3.05) is 21.3 Å². The molecule has 20 nitrogen and oxygen atoms in total. The summed E-state index contributed by atoms with van der Waals surface area (Å²) in [4.78, 5) is 86.3. The first-order valence-corrected chi connectivity index (χ1v) is 39.9. The third kappa shape index (κ3) is 25.0. The lowest BCUT2D eigenvalue weighted by atomic mass is 9.87. The summed E-state index contributed by atoms with van der Waals surface area (Å²) in [5.41, 5.74) is 14.1. The Morgan fingerprint density at radius 2 is 0.639 bits per heavy atom. The van der Waals surface area contributed by atoms with Gasteiger partial charge in [0, 0.05) is 47.9 Å². The van der Waals surface area contributed by atoms with E-state index in [9.17, 15) is 34.5 Å². The first-order valence-electron chi connectivity index (χ1n) is 39.9. The number of anilines is 4. The number of nitrogens with zero attached hydrogens (tertiary/aromatic N) is 8. The van der Waals surface area contributed by atoms with Crippen LogP contribution in [0.15, 0.2) is 122 Å². The molecule has 1 atom stereocenters. The minimum Gasteiger partial charge on any atom is -0.392 e. The normalized spacial score (nSPS) is 15.8. The molecule has 8 N–H and O–H groups in total. The van der Waals surface area contributed by atoms with E-state index < -0.39 is 0 Å². The molecule has 8 aromatic rings. The zero-order chi connectivity index (χ0) is 76.2. The van der Waals surface area contributed by atoms with Crippen LogP contribution in [0.1, 0.15) is 234 Å². The van der Waals surface area contributed by atoms with E-state index in [4.69, 9.17) is 25.0 Å². The number of hydrogen-bond donors (Lipinski definition) is 8. The van der Waals surface area contributed by atoms with Crippen LogP contribution in [-0.2, 0) is 71.3 Å². The molecule has 5 aliphatic carbocycles. The summed E-state index contributed by atoms with van der Waals surface area (Å²) >= 11 is 0. The van der Waals surface area contributed by atoms with Crippen LogP contribution in [0.2, 0.25) is 0 Å². The van der Waals surface area contributed by atoms with Crippen molar-refractivity contribution in [2.24, 2.45) is 41.4 Å². The van der Waals surface area contributed by atoms with Gasteiger partial charge in [-0.1, -0.05) is 247 Å². The second-order valence-corrected chi connectivity index (χ2v) is 30.9. The van der Waals surface area contributed by atoms with Gasteiger partial charge in [0.1, 0.15) is 0 Å². The standard InChI is InChI=1S/C25H33N3O2.2C22H29N3O2.C19H23N3O2/c29-17-20-10-12-21(13-11-20)23-16-26-25(22(27-23)14-18-8-4-5-9-18)28-24(30)15-19-6-2-1-3-7-19;1-15(2)11-21(27)25-22-19(12-16-5-3-4-6-16)24-20(13-23-22)18-9-7-17(14-26)8-10-18;1-3-15(2)22(27)25-21-19(12-16-6-4-5-7-16)24-20(13-23-21)18-10-8-17(14-26)9-11-18;1-13(24)21-19-17(10-14-4-2-3-5-14)22-18(11-20-19)16-8-6-15(12-23)7-9-16/h10-13,16,18-19,29H,1-9,14-15,17H2,(H,26,28,30);7-10,13,15-16,26H,3-6,11-12,14H2,1-2H3,(H,23,25,27);8-11,13,15-16,26H,3-7,12,14H2,1-2H3,(H,23,25,27);6-9,11,14,23H,2-5,10,12H2,1H3,(H,20,21,24). The smallest absolute Gasteiger partial charge is 0.228 e. The fourth-order valence-corrected chi connectivity index (χ4v) is 15.3. The first-order chi connectivity index (χ1) is 52.5. The van der Waals surface area contributed by atoms with Crippen LogP contribution in [-0.4, -0.2) is 83.9 Å². The Hall–Kier alpha value is -9.08. The van der Waals surface area contributed by atoms with Crippen LogP contribution in [0.5, 0.6) is 0 Å². The van der Waals surface area contributed by atoms with E-state index in [1.165, 1.54) is 129 Å². The number of aromatic nitrogens is 8. The number of carbonyl (C=O) groups is 4. The van der Waals surface area contributed by atoms with Crippen LogP contribution < -0.4 is 21.3 Å². The van der Waals surface area contributed by atoms with Gasteiger partial charge in [0.2, 0.25) is 23.6 Å². The summed E-state index contributed by atoms with van der Waals surface area (Å²) in [6.07, 6.45) is 38.3. The monoisotopic (exact) mass is 1470 g/mol. The zero-order valence-electron chi connectivity index (χ0n) is 64.2. The molecule has 4 aromatic carbocycles. The van der Waals surface area contributed by atoms with Crippen LogP contribution in [0.25, 0.3) is 45.0 Å². The lowest BCUT2D eigenvalue weighted by molar-refractivity contribution is -0.119. The summed E-state index contributed by atoms with van der Waals surface area (Å²) in [6, 6.07) is 30.8. The van der Waals surface area contributed by atoms with E-state index in [1.54, 1.807) is 24.8 Å². The summed E-state index contributed by atoms with van der Waals surface area (Å²) in [6.45, 7) is 9.60. The quantitative estimate of drug-likeness (QED) is 0.0250. The van der Waals surface area contributed by atoms with E-state index in [0.29, 0.717) is 71.6 Å². The lowest BCUT2D eigenvalue weighted by Gasteiger charge is -2.21. The lowest BCUT2D eigenvalue weighted by Crippen LogP contribution is -2.22. The predicted molar refractivity (Wildman–Crippen MR) is 427 cm³/mol. The maximum atomic E-state index is 12.7. The molecule has 13 rings (SSSR count). The Labute approximate surface area is 638 Å². The molecule has 0 aliphatic heterocycles. The van der Waals surface area contributed by atoms with E-state index >= 15 is 0 Å². The maximum Gasteiger partial charge on any atom is 0.228 e. The fraction of sp³-hybridized carbons (Fsp3) is 0.500. The van der Waals surface area contributed by atoms with Gasteiger partial charge < -0.3 is 41.7 Å². The van der Waals surface area contributed by atoms with Gasteiger partial charge in [-0.3, -0.25) is 19.2 Å². The Morgan fingerprint density at radius 1 is 0.370 bits per heavy atom. The molecule has 0 saturated heterocycles. The molecule has 1 unspecified atom stereocenters. The minimum absolute atomic E-state index is 0.000444. The highest BCUT2D eigenvalue weighted by atomic mass is 16.3. The van der Waals surface area contributed by atoms with Crippen LogP contribution in [0.3, 0.4) is 0 Å². The third-order valence-corrected chi connectivity index (χ3v) is 21.8. The van der Waals surface area contributed by atoms with Crippen LogP contribution in [0, 0.1) is 41.4 Å². The van der Waals surface area contributed by atoms with Crippen molar-refractivity contribution >= 4 is 46.9 Å². The topological polar surface area (TPSA) is 300 Å². The number of carbonyl (C=O) groups excluding carboxylic acids is 4. The van der Waals surface area contributed by atoms with Gasteiger partial charge in [-0.2, -0.15) is 0 Å². The SMILES string of the molecule is CC(=O)Nc1ncc(-c2ccc(CO)cc2)nc1CC1CCCC1.CC(C)CC(=O)Nc1ncc(-c2ccc(CO)cc2)nc1CC1CCCC1.CCC(C)C(=O)Nc1ncc(-c2ccc(CO)cc2)nc1CC1CCCC1.O=C(CC1CCCCC1)Nc1ncc(-c2ccc(CO)cc2)nc1CC1CCCC1. The third-order valence-electron chi connectivity index (χ3n) is 21.8. The molecule has 4 heterocycles. The van der Waals surface area contributed by atoms with E-state index in [1.807, 2.05) is 125 Å². The Balaban J connectivity index is 0.000000154. The van der Waals surface area contributed by atoms with Gasteiger partial charge in [-0.15, -0.1) is 0 Å². The largest absolute Gasteiger partial charge is 0.392 e. The summed E-state index contributed by atoms with van der Waals surface area (Å²) in [7, 11) is 0. The zero-order valence-corrected chi connectivity index (χ0v) is 64.2. The van der Waals surface area contributed by atoms with Gasteiger partial charge in [0.05, 0.1) is 96.8 Å². The summed E-state index contributed by atoms with van der Waals surface area (Å²) in [5.74, 6) is 5.60. The van der Waals surface area contributed by atoms with Crippen molar-refractivity contribution in [1.29, 1.82) is 0 Å².